The molecule has 0 heterocycles. The predicted octanol–water partition coefficient (Wildman–Crippen LogP) is 0.914. The highest BCUT2D eigenvalue weighted by Crippen LogP contribution is 1.56. The maximum atomic E-state index is 4.62. The van der Waals surface area contributed by atoms with Crippen molar-refractivity contribution in [1.29, 1.82) is 0 Å². The Labute approximate surface area is 46.9 Å². The first-order valence-electron chi connectivity index (χ1n) is 2.23. The Morgan fingerprint density at radius 3 is 1.14 bits per heavy atom. The molecule has 0 amide bonds. The van der Waals surface area contributed by atoms with Crippen LogP contribution in [0.5, 0.6) is 0 Å². The molecule has 0 rings (SSSR count). The fraction of sp³-hybridized carbons (Fsp3) is 1.00. The van der Waals surface area contributed by atoms with Gasteiger partial charge in [0, 0.05) is 6.67 Å². The minimum absolute atomic E-state index is 0. The third-order valence-electron chi connectivity index (χ3n) is 0. The molecule has 0 bridgehead atoms. The average Bonchev–Trinajstić information content (AvgIpc) is 1.39. The smallest absolute Gasteiger partial charge is 0.0403 e. The van der Waals surface area contributed by atoms with Gasteiger partial charge in [0.1, 0.15) is 0 Å². The fourth-order valence-electron chi connectivity index (χ4n) is 0. The molecule has 7 heavy (non-hydrogen) atoms. The molecule has 0 aromatic carbocycles. The Balaban J connectivity index is -0.0000000400. The van der Waals surface area contributed by atoms with Crippen molar-refractivity contribution in [1.82, 2.24) is 0 Å². The summed E-state index contributed by atoms with van der Waals surface area (Å²) in [5, 5.41) is 0. The van der Waals surface area contributed by atoms with E-state index in [9.17, 15) is 0 Å². The maximum absolute atomic E-state index is 4.62. The summed E-state index contributed by atoms with van der Waals surface area (Å²) in [4.78, 5) is 0. The Hall–Kier alpha value is -0.0800. The van der Waals surface area contributed by atoms with Gasteiger partial charge in [0.25, 0.3) is 0 Å². The van der Waals surface area contributed by atoms with Crippen molar-refractivity contribution in [3.05, 3.63) is 0 Å². The van der Waals surface area contributed by atoms with Crippen molar-refractivity contribution in [3.8, 4) is 0 Å². The van der Waals surface area contributed by atoms with Crippen molar-refractivity contribution in [3.63, 3.8) is 0 Å². The molecular weight excluding hydrogens is 88.1 g/mol. The Morgan fingerprint density at radius 1 is 1.14 bits per heavy atom. The quantitative estimate of drug-likeness (QED) is 0.451. The average molecular weight is 106 g/mol. The summed E-state index contributed by atoms with van der Waals surface area (Å²) in [6, 6.07) is 0. The molecule has 0 fully saturated rings. The van der Waals surface area contributed by atoms with E-state index in [4.69, 9.17) is 0 Å². The van der Waals surface area contributed by atoms with E-state index in [2.05, 4.69) is 25.3 Å². The molecule has 4 N–H and O–H groups in total. The van der Waals surface area contributed by atoms with Crippen LogP contribution in [-0.2, 0) is 0 Å². The van der Waals surface area contributed by atoms with E-state index in [0.29, 0.717) is 0 Å². The SMILES string of the molecule is C.CCC.NCN. The lowest BCUT2D eigenvalue weighted by atomic mass is 10.6. The fourth-order valence-corrected chi connectivity index (χ4v) is 0. The van der Waals surface area contributed by atoms with Gasteiger partial charge in [0.15, 0.2) is 0 Å². The topological polar surface area (TPSA) is 52.0 Å². The zero-order valence-electron chi connectivity index (χ0n) is 4.57. The van der Waals surface area contributed by atoms with Gasteiger partial charge < -0.3 is 11.5 Å². The maximum Gasteiger partial charge on any atom is 0.0403 e. The number of nitrogens with two attached hydrogens (primary N) is 2. The number of rotatable bonds is 0. The minimum Gasteiger partial charge on any atom is -0.319 e. The molecule has 0 aromatic rings. The largest absolute Gasteiger partial charge is 0.319 e. The molecule has 2 heteroatoms. The molecule has 48 valence electrons. The molecule has 0 spiro atoms. The lowest BCUT2D eigenvalue weighted by molar-refractivity contribution is 1.07. The van der Waals surface area contributed by atoms with Gasteiger partial charge in [0.2, 0.25) is 0 Å². The van der Waals surface area contributed by atoms with Crippen LogP contribution in [0.15, 0.2) is 0 Å². The van der Waals surface area contributed by atoms with E-state index >= 15 is 0 Å². The van der Waals surface area contributed by atoms with Gasteiger partial charge in [-0.15, -0.1) is 0 Å². The first kappa shape index (κ1) is 15.8. The molecule has 0 aliphatic carbocycles. The Morgan fingerprint density at radius 2 is 1.14 bits per heavy atom. The van der Waals surface area contributed by atoms with Gasteiger partial charge in [-0.3, -0.25) is 0 Å². The molecule has 0 aliphatic rings. The van der Waals surface area contributed by atoms with E-state index in [1.54, 1.807) is 0 Å². The van der Waals surface area contributed by atoms with Gasteiger partial charge >= 0.3 is 0 Å². The summed E-state index contributed by atoms with van der Waals surface area (Å²) in [6.45, 7) is 4.50. The summed E-state index contributed by atoms with van der Waals surface area (Å²) in [6.07, 6.45) is 1.25. The Kier molecular flexibility index (Phi) is 87.6. The van der Waals surface area contributed by atoms with Crippen molar-refractivity contribution in [2.45, 2.75) is 27.7 Å². The monoisotopic (exact) mass is 106 g/mol. The van der Waals surface area contributed by atoms with Crippen molar-refractivity contribution < 1.29 is 0 Å². The number of hydrogen-bond donors (Lipinski definition) is 2. The molecular formula is C5H18N2. The second-order valence-corrected chi connectivity index (χ2v) is 0.943. The molecule has 0 unspecified atom stereocenters. The van der Waals surface area contributed by atoms with Crippen LogP contribution in [0.1, 0.15) is 27.7 Å². The summed E-state index contributed by atoms with van der Waals surface area (Å²) in [5.74, 6) is 0. The van der Waals surface area contributed by atoms with E-state index in [-0.39, 0.29) is 14.1 Å². The highest BCUT2D eigenvalue weighted by molar-refractivity contribution is 3.94. The number of hydrogen-bond acceptors (Lipinski definition) is 2. The van der Waals surface area contributed by atoms with Crippen molar-refractivity contribution >= 4 is 0 Å². The second kappa shape index (κ2) is 38.9. The molecule has 2 nitrogen and oxygen atoms in total. The zero-order valence-corrected chi connectivity index (χ0v) is 4.57. The van der Waals surface area contributed by atoms with Crippen LogP contribution in [0.2, 0.25) is 0 Å². The highest BCUT2D eigenvalue weighted by Gasteiger charge is 1.35. The molecule has 0 aromatic heterocycles. The molecule has 0 saturated heterocycles. The van der Waals surface area contributed by atoms with E-state index in [0.717, 1.165) is 0 Å². The van der Waals surface area contributed by atoms with Gasteiger partial charge in [-0.25, -0.2) is 0 Å². The van der Waals surface area contributed by atoms with Crippen LogP contribution in [0.25, 0.3) is 0 Å². The van der Waals surface area contributed by atoms with E-state index in [1.165, 1.54) is 6.42 Å². The van der Waals surface area contributed by atoms with Crippen LogP contribution in [0.4, 0.5) is 0 Å². The highest BCUT2D eigenvalue weighted by atomic mass is 14.7. The molecule has 0 aliphatic heterocycles. The zero-order chi connectivity index (χ0) is 5.41. The summed E-state index contributed by atoms with van der Waals surface area (Å²) < 4.78 is 0. The lowest BCUT2D eigenvalue weighted by Crippen LogP contribution is -2.08. The summed E-state index contributed by atoms with van der Waals surface area (Å²) >= 11 is 0. The minimum atomic E-state index is 0. The molecule has 0 atom stereocenters. The van der Waals surface area contributed by atoms with E-state index in [1.807, 2.05) is 0 Å². The Bertz CT molecular complexity index is 8.04. The van der Waals surface area contributed by atoms with Crippen LogP contribution < -0.4 is 11.5 Å². The second-order valence-electron chi connectivity index (χ2n) is 0.943. The summed E-state index contributed by atoms with van der Waals surface area (Å²) in [7, 11) is 0. The first-order chi connectivity index (χ1) is 2.83. The van der Waals surface area contributed by atoms with Gasteiger partial charge in [0.05, 0.1) is 0 Å². The van der Waals surface area contributed by atoms with Crippen molar-refractivity contribution in [2.75, 3.05) is 6.67 Å². The predicted molar refractivity (Wildman–Crippen MR) is 35.9 cm³/mol. The standard InChI is InChI=1S/C3H8.CH6N2.CH4/c1-3-2;2-1-3;/h3H2,1-2H3;1-3H2;1H4. The van der Waals surface area contributed by atoms with Gasteiger partial charge in [-0.05, 0) is 0 Å². The van der Waals surface area contributed by atoms with Crippen LogP contribution in [-0.4, -0.2) is 6.67 Å². The van der Waals surface area contributed by atoms with Gasteiger partial charge in [-0.2, -0.15) is 0 Å². The molecule has 0 saturated carbocycles. The third kappa shape index (κ3) is 14200. The normalized spacial score (nSPS) is 5.14. The van der Waals surface area contributed by atoms with Gasteiger partial charge in [-0.1, -0.05) is 27.7 Å². The summed E-state index contributed by atoms with van der Waals surface area (Å²) in [5.41, 5.74) is 9.25. The van der Waals surface area contributed by atoms with Crippen LogP contribution in [0.3, 0.4) is 0 Å². The van der Waals surface area contributed by atoms with Crippen molar-refractivity contribution in [2.24, 2.45) is 11.5 Å². The van der Waals surface area contributed by atoms with Crippen LogP contribution >= 0.6 is 0 Å². The van der Waals surface area contributed by atoms with Crippen LogP contribution in [0, 0.1) is 0 Å². The third-order valence-corrected chi connectivity index (χ3v) is 0. The first-order valence-corrected chi connectivity index (χ1v) is 2.23. The van der Waals surface area contributed by atoms with E-state index < -0.39 is 0 Å². The lowest BCUT2D eigenvalue weighted by Gasteiger charge is -1.56. The molecule has 0 radical (unpaired) electrons.